The van der Waals surface area contributed by atoms with E-state index in [-0.39, 0.29) is 0 Å². The van der Waals surface area contributed by atoms with E-state index < -0.39 is 0 Å². The van der Waals surface area contributed by atoms with E-state index in [4.69, 9.17) is 5.26 Å². The molecule has 2 rings (SSSR count). The van der Waals surface area contributed by atoms with E-state index in [0.717, 1.165) is 17.2 Å². The second-order valence-corrected chi connectivity index (χ2v) is 5.62. The molecule has 0 amide bonds. The Kier molecular flexibility index (Phi) is 3.92. The van der Waals surface area contributed by atoms with E-state index in [1.54, 1.807) is 11.8 Å². The highest BCUT2D eigenvalue weighted by molar-refractivity contribution is 8.16. The zero-order valence-corrected chi connectivity index (χ0v) is 10.6. The highest BCUT2D eigenvalue weighted by Crippen LogP contribution is 2.40. The van der Waals surface area contributed by atoms with Crippen LogP contribution in [0.1, 0.15) is 13.3 Å². The summed E-state index contributed by atoms with van der Waals surface area (Å²) in [5.41, 5.74) is 1.04. The molecule has 0 aromatic heterocycles. The van der Waals surface area contributed by atoms with Crippen LogP contribution in [0.15, 0.2) is 34.2 Å². The molecule has 4 heteroatoms. The van der Waals surface area contributed by atoms with Gasteiger partial charge in [-0.3, -0.25) is 0 Å². The Morgan fingerprint density at radius 2 is 2.31 bits per heavy atom. The summed E-state index contributed by atoms with van der Waals surface area (Å²) in [6, 6.07) is 10.3. The normalized spacial score (nSPS) is 18.5. The van der Waals surface area contributed by atoms with Crippen molar-refractivity contribution in [2.45, 2.75) is 23.5 Å². The fourth-order valence-corrected chi connectivity index (χ4v) is 3.63. The molecular weight excluding hydrogens is 236 g/mol. The minimum Gasteiger partial charge on any atom is -0.244 e. The molecule has 0 bridgehead atoms. The summed E-state index contributed by atoms with van der Waals surface area (Å²) in [4.78, 5) is 5.89. The molecule has 1 aliphatic heterocycles. The average molecular weight is 248 g/mol. The molecule has 0 N–H and O–H groups in total. The summed E-state index contributed by atoms with van der Waals surface area (Å²) >= 11 is 3.42. The van der Waals surface area contributed by atoms with Gasteiger partial charge >= 0.3 is 0 Å². The molecule has 16 heavy (non-hydrogen) atoms. The molecule has 0 fully saturated rings. The fourth-order valence-electron chi connectivity index (χ4n) is 1.53. The van der Waals surface area contributed by atoms with Gasteiger partial charge in [0.2, 0.25) is 0 Å². The molecule has 1 aliphatic rings. The van der Waals surface area contributed by atoms with Gasteiger partial charge in [-0.15, -0.1) is 11.8 Å². The first-order chi connectivity index (χ1) is 7.85. The van der Waals surface area contributed by atoms with Crippen LogP contribution in [0.3, 0.4) is 0 Å². The first-order valence-electron chi connectivity index (χ1n) is 5.19. The number of para-hydroxylation sites is 1. The molecule has 1 atom stereocenters. The monoisotopic (exact) mass is 248 g/mol. The Morgan fingerprint density at radius 1 is 1.50 bits per heavy atom. The number of fused-ring (bicyclic) bond motifs is 1. The molecule has 0 saturated heterocycles. The van der Waals surface area contributed by atoms with Gasteiger partial charge in [-0.1, -0.05) is 30.8 Å². The van der Waals surface area contributed by atoms with E-state index in [1.165, 1.54) is 4.90 Å². The minimum atomic E-state index is 0.410. The van der Waals surface area contributed by atoms with Gasteiger partial charge in [0.25, 0.3) is 0 Å². The molecule has 1 aromatic rings. The van der Waals surface area contributed by atoms with Crippen molar-refractivity contribution in [2.24, 2.45) is 4.99 Å². The van der Waals surface area contributed by atoms with E-state index in [0.29, 0.717) is 11.0 Å². The highest BCUT2D eigenvalue weighted by Gasteiger charge is 2.22. The lowest BCUT2D eigenvalue weighted by Crippen LogP contribution is -2.15. The van der Waals surface area contributed by atoms with Crippen LogP contribution in [-0.2, 0) is 0 Å². The van der Waals surface area contributed by atoms with Crippen molar-refractivity contribution in [3.05, 3.63) is 24.3 Å². The van der Waals surface area contributed by atoms with Crippen molar-refractivity contribution in [3.63, 3.8) is 0 Å². The lowest BCUT2D eigenvalue weighted by molar-refractivity contribution is 1.01. The van der Waals surface area contributed by atoms with Crippen molar-refractivity contribution >= 4 is 34.3 Å². The maximum Gasteiger partial charge on any atom is 0.0882 e. The number of aliphatic imine (C=N–C) groups is 1. The smallest absolute Gasteiger partial charge is 0.0882 e. The number of hydrogen-bond donors (Lipinski definition) is 0. The maximum atomic E-state index is 8.62. The van der Waals surface area contributed by atoms with E-state index in [1.807, 2.05) is 30.0 Å². The van der Waals surface area contributed by atoms with Gasteiger partial charge in [0.1, 0.15) is 0 Å². The van der Waals surface area contributed by atoms with Crippen molar-refractivity contribution in [2.75, 3.05) is 5.75 Å². The molecule has 1 heterocycles. The Balaban J connectivity index is 2.28. The van der Waals surface area contributed by atoms with Gasteiger partial charge in [0.15, 0.2) is 0 Å². The molecule has 2 nitrogen and oxygen atoms in total. The Bertz CT molecular complexity index is 449. The van der Waals surface area contributed by atoms with Crippen LogP contribution < -0.4 is 0 Å². The number of rotatable bonds is 2. The van der Waals surface area contributed by atoms with Gasteiger partial charge < -0.3 is 0 Å². The number of thioether (sulfide) groups is 2. The molecule has 1 aromatic carbocycles. The number of nitrogens with zero attached hydrogens (tertiary/aromatic N) is 2. The molecule has 0 aliphatic carbocycles. The zero-order chi connectivity index (χ0) is 11.4. The van der Waals surface area contributed by atoms with E-state index in [2.05, 4.69) is 24.1 Å². The van der Waals surface area contributed by atoms with Crippen LogP contribution in [0.2, 0.25) is 0 Å². The van der Waals surface area contributed by atoms with Crippen molar-refractivity contribution < 1.29 is 0 Å². The standard InChI is InChI=1S/C12H12N2S2/c1-2-10-12(15-8-7-13)14-9-5-3-4-6-11(9)16-10/h3-6,10H,2,8H2,1H3. The summed E-state index contributed by atoms with van der Waals surface area (Å²) in [6.07, 6.45) is 1.05. The van der Waals surface area contributed by atoms with Crippen LogP contribution >= 0.6 is 23.5 Å². The molecule has 1 unspecified atom stereocenters. The summed E-state index contributed by atoms with van der Waals surface area (Å²) in [5.74, 6) is 0.484. The van der Waals surface area contributed by atoms with Gasteiger partial charge in [0, 0.05) is 4.90 Å². The molecule has 0 saturated carbocycles. The van der Waals surface area contributed by atoms with Crippen LogP contribution in [0, 0.1) is 11.3 Å². The number of benzene rings is 1. The van der Waals surface area contributed by atoms with E-state index in [9.17, 15) is 0 Å². The van der Waals surface area contributed by atoms with Crippen LogP contribution in [0.25, 0.3) is 0 Å². The molecular formula is C12H12N2S2. The summed E-state index contributed by atoms with van der Waals surface area (Å²) in [5, 5.41) is 10.1. The molecule has 82 valence electrons. The summed E-state index contributed by atoms with van der Waals surface area (Å²) in [6.45, 7) is 2.16. The SMILES string of the molecule is CCC1Sc2ccccc2N=C1SCC#N. The molecule has 0 spiro atoms. The minimum absolute atomic E-state index is 0.410. The first kappa shape index (κ1) is 11.6. The van der Waals surface area contributed by atoms with Gasteiger partial charge in [-0.25, -0.2) is 4.99 Å². The predicted molar refractivity (Wildman–Crippen MR) is 71.5 cm³/mol. The lowest BCUT2D eigenvalue weighted by Gasteiger charge is -2.22. The summed E-state index contributed by atoms with van der Waals surface area (Å²) < 4.78 is 0. The molecule has 0 radical (unpaired) electrons. The van der Waals surface area contributed by atoms with E-state index >= 15 is 0 Å². The summed E-state index contributed by atoms with van der Waals surface area (Å²) in [7, 11) is 0. The quantitative estimate of drug-likeness (QED) is 0.797. The average Bonchev–Trinajstić information content (AvgIpc) is 2.35. The van der Waals surface area contributed by atoms with Gasteiger partial charge in [-0.05, 0) is 18.6 Å². The lowest BCUT2D eigenvalue weighted by atomic mass is 10.3. The van der Waals surface area contributed by atoms with Crippen LogP contribution in [0.4, 0.5) is 5.69 Å². The zero-order valence-electron chi connectivity index (χ0n) is 9.01. The third-order valence-electron chi connectivity index (χ3n) is 2.30. The van der Waals surface area contributed by atoms with Crippen LogP contribution in [-0.4, -0.2) is 16.0 Å². The predicted octanol–water partition coefficient (Wildman–Crippen LogP) is 3.86. The first-order valence-corrected chi connectivity index (χ1v) is 7.05. The van der Waals surface area contributed by atoms with Gasteiger partial charge in [0.05, 0.1) is 27.8 Å². The van der Waals surface area contributed by atoms with Crippen LogP contribution in [0.5, 0.6) is 0 Å². The van der Waals surface area contributed by atoms with Crippen molar-refractivity contribution in [1.29, 1.82) is 5.26 Å². The number of hydrogen-bond acceptors (Lipinski definition) is 4. The van der Waals surface area contributed by atoms with Crippen molar-refractivity contribution in [3.8, 4) is 6.07 Å². The second kappa shape index (κ2) is 5.42. The maximum absolute atomic E-state index is 8.62. The third kappa shape index (κ3) is 2.42. The largest absolute Gasteiger partial charge is 0.244 e. The fraction of sp³-hybridized carbons (Fsp3) is 0.333. The Morgan fingerprint density at radius 3 is 3.06 bits per heavy atom. The topological polar surface area (TPSA) is 36.1 Å². The van der Waals surface area contributed by atoms with Gasteiger partial charge in [-0.2, -0.15) is 5.26 Å². The Hall–Kier alpha value is -0.920. The highest BCUT2D eigenvalue weighted by atomic mass is 32.2. The number of nitriles is 1. The third-order valence-corrected chi connectivity index (χ3v) is 4.83. The Labute approximate surface area is 104 Å². The van der Waals surface area contributed by atoms with Crippen molar-refractivity contribution in [1.82, 2.24) is 0 Å². The second-order valence-electron chi connectivity index (χ2n) is 3.38.